The van der Waals surface area contributed by atoms with E-state index in [-0.39, 0.29) is 11.5 Å². The molecule has 1 N–H and O–H groups in total. The van der Waals surface area contributed by atoms with Crippen molar-refractivity contribution in [3.8, 4) is 11.5 Å². The van der Waals surface area contributed by atoms with E-state index in [1.807, 2.05) is 48.5 Å². The summed E-state index contributed by atoms with van der Waals surface area (Å²) in [5.41, 5.74) is 5.80. The molecule has 1 aliphatic heterocycles. The smallest absolute Gasteiger partial charge is 0.251 e. The van der Waals surface area contributed by atoms with E-state index in [0.29, 0.717) is 35.4 Å². The largest absolute Gasteiger partial charge is 0.497 e. The second-order valence-electron chi connectivity index (χ2n) is 12.3. The SMILES string of the molecule is COc1cccc(CNC(=O)c2ccc3nc4c5c(c6ccccc6c4nc3c2)OC(C)(C)[C@H]2CC[C@H](C)C[C@H]52)c1. The van der Waals surface area contributed by atoms with Crippen molar-refractivity contribution in [2.75, 3.05) is 7.11 Å². The van der Waals surface area contributed by atoms with Gasteiger partial charge < -0.3 is 14.8 Å². The van der Waals surface area contributed by atoms with Gasteiger partial charge in [0.25, 0.3) is 5.91 Å². The van der Waals surface area contributed by atoms with Gasteiger partial charge in [0.2, 0.25) is 0 Å². The molecule has 1 aromatic heterocycles. The Morgan fingerprint density at radius 2 is 1.78 bits per heavy atom. The van der Waals surface area contributed by atoms with Crippen LogP contribution in [-0.2, 0) is 6.54 Å². The van der Waals surface area contributed by atoms with E-state index in [4.69, 9.17) is 19.4 Å². The molecule has 7 rings (SSSR count). The molecule has 208 valence electrons. The van der Waals surface area contributed by atoms with Gasteiger partial charge in [-0.3, -0.25) is 4.79 Å². The molecular weight excluding hydrogens is 510 g/mol. The van der Waals surface area contributed by atoms with Gasteiger partial charge in [0.05, 0.1) is 29.2 Å². The van der Waals surface area contributed by atoms with Crippen LogP contribution in [-0.4, -0.2) is 28.6 Å². The van der Waals surface area contributed by atoms with Gasteiger partial charge in [-0.05, 0) is 74.4 Å². The van der Waals surface area contributed by atoms with E-state index in [1.54, 1.807) is 7.11 Å². The molecule has 4 aromatic carbocycles. The zero-order valence-corrected chi connectivity index (χ0v) is 24.0. The zero-order chi connectivity index (χ0) is 28.3. The molecule has 0 saturated heterocycles. The van der Waals surface area contributed by atoms with Crippen molar-refractivity contribution in [1.82, 2.24) is 15.3 Å². The van der Waals surface area contributed by atoms with Gasteiger partial charge in [-0.15, -0.1) is 0 Å². The first-order chi connectivity index (χ1) is 19.8. The van der Waals surface area contributed by atoms with E-state index in [9.17, 15) is 4.79 Å². The van der Waals surface area contributed by atoms with Crippen LogP contribution < -0.4 is 14.8 Å². The van der Waals surface area contributed by atoms with Crippen LogP contribution in [0.15, 0.2) is 66.7 Å². The van der Waals surface area contributed by atoms with Gasteiger partial charge >= 0.3 is 0 Å². The second-order valence-corrected chi connectivity index (χ2v) is 12.3. The summed E-state index contributed by atoms with van der Waals surface area (Å²) >= 11 is 0. The van der Waals surface area contributed by atoms with Crippen LogP contribution in [0.3, 0.4) is 0 Å². The van der Waals surface area contributed by atoms with E-state index in [2.05, 4.69) is 44.3 Å². The second kappa shape index (κ2) is 9.72. The maximum atomic E-state index is 13.1. The van der Waals surface area contributed by atoms with Crippen LogP contribution in [0.4, 0.5) is 0 Å². The highest BCUT2D eigenvalue weighted by atomic mass is 16.5. The Balaban J connectivity index is 1.33. The molecule has 2 aliphatic rings. The van der Waals surface area contributed by atoms with Crippen molar-refractivity contribution in [3.05, 3.63) is 83.4 Å². The maximum Gasteiger partial charge on any atom is 0.251 e. The van der Waals surface area contributed by atoms with E-state index in [1.165, 1.54) is 12.0 Å². The van der Waals surface area contributed by atoms with Gasteiger partial charge in [0.1, 0.15) is 17.1 Å². The number of hydrogen-bond donors (Lipinski definition) is 1. The van der Waals surface area contributed by atoms with Crippen molar-refractivity contribution in [2.45, 2.75) is 58.1 Å². The fourth-order valence-electron chi connectivity index (χ4n) is 7.10. The monoisotopic (exact) mass is 545 g/mol. The number of nitrogens with zero attached hydrogens (tertiary/aromatic N) is 2. The summed E-state index contributed by atoms with van der Waals surface area (Å²) in [6.07, 6.45) is 3.51. The van der Waals surface area contributed by atoms with Gasteiger partial charge in [0.15, 0.2) is 0 Å². The highest BCUT2D eigenvalue weighted by Gasteiger charge is 2.47. The summed E-state index contributed by atoms with van der Waals surface area (Å²) in [6.45, 7) is 7.26. The Labute approximate surface area is 240 Å². The molecule has 0 unspecified atom stereocenters. The topological polar surface area (TPSA) is 73.3 Å². The van der Waals surface area contributed by atoms with Crippen molar-refractivity contribution in [3.63, 3.8) is 0 Å². The molecule has 1 saturated carbocycles. The lowest BCUT2D eigenvalue weighted by Crippen LogP contribution is -2.46. The van der Waals surface area contributed by atoms with Gasteiger partial charge in [-0.2, -0.15) is 0 Å². The third-order valence-electron chi connectivity index (χ3n) is 9.18. The van der Waals surface area contributed by atoms with Crippen LogP contribution in [0.1, 0.15) is 67.4 Å². The number of amides is 1. The first-order valence-electron chi connectivity index (χ1n) is 14.6. The number of ether oxygens (including phenoxy) is 2. The lowest BCUT2D eigenvalue weighted by Gasteiger charge is -2.49. The minimum Gasteiger partial charge on any atom is -0.497 e. The molecule has 1 fully saturated rings. The molecule has 1 aliphatic carbocycles. The van der Waals surface area contributed by atoms with Gasteiger partial charge in [-0.1, -0.05) is 49.7 Å². The minimum atomic E-state index is -0.244. The molecule has 0 radical (unpaired) electrons. The van der Waals surface area contributed by atoms with Crippen molar-refractivity contribution in [1.29, 1.82) is 0 Å². The van der Waals surface area contributed by atoms with E-state index < -0.39 is 0 Å². The van der Waals surface area contributed by atoms with Crippen LogP contribution >= 0.6 is 0 Å². The lowest BCUT2D eigenvalue weighted by atomic mass is 9.64. The Kier molecular flexibility index (Phi) is 6.11. The van der Waals surface area contributed by atoms with Crippen LogP contribution in [0.25, 0.3) is 32.8 Å². The summed E-state index contributed by atoms with van der Waals surface area (Å²) in [4.78, 5) is 23.5. The Morgan fingerprint density at radius 3 is 2.61 bits per heavy atom. The summed E-state index contributed by atoms with van der Waals surface area (Å²) in [5, 5.41) is 5.14. The summed E-state index contributed by atoms with van der Waals surface area (Å²) in [7, 11) is 1.64. The highest BCUT2D eigenvalue weighted by Crippen LogP contribution is 2.56. The van der Waals surface area contributed by atoms with E-state index in [0.717, 1.165) is 57.2 Å². The summed E-state index contributed by atoms with van der Waals surface area (Å²) in [6, 6.07) is 21.7. The molecule has 6 heteroatoms. The fraction of sp³-hybridized carbons (Fsp3) is 0.343. The predicted molar refractivity (Wildman–Crippen MR) is 163 cm³/mol. The number of carbonyl (C=O) groups is 1. The quantitative estimate of drug-likeness (QED) is 0.186. The maximum absolute atomic E-state index is 13.1. The molecule has 1 amide bonds. The number of aromatic nitrogens is 2. The minimum absolute atomic E-state index is 0.151. The molecule has 6 nitrogen and oxygen atoms in total. The third-order valence-corrected chi connectivity index (χ3v) is 9.18. The Morgan fingerprint density at radius 1 is 0.976 bits per heavy atom. The molecule has 2 heterocycles. The van der Waals surface area contributed by atoms with Crippen molar-refractivity contribution in [2.24, 2.45) is 11.8 Å². The number of fused-ring (bicyclic) bond motifs is 9. The average Bonchev–Trinajstić information content (AvgIpc) is 2.98. The van der Waals surface area contributed by atoms with Crippen LogP contribution in [0, 0.1) is 11.8 Å². The van der Waals surface area contributed by atoms with Gasteiger partial charge in [0, 0.05) is 34.4 Å². The number of nitrogens with one attached hydrogen (secondary N) is 1. The Hall–Kier alpha value is -4.19. The molecular formula is C35H35N3O3. The predicted octanol–water partition coefficient (Wildman–Crippen LogP) is 7.57. The number of methoxy groups -OCH3 is 1. The molecule has 41 heavy (non-hydrogen) atoms. The van der Waals surface area contributed by atoms with Gasteiger partial charge in [-0.25, -0.2) is 9.97 Å². The molecule has 0 spiro atoms. The highest BCUT2D eigenvalue weighted by molar-refractivity contribution is 6.11. The fourth-order valence-corrected chi connectivity index (χ4v) is 7.10. The number of carbonyl (C=O) groups excluding carboxylic acids is 1. The standard InChI is InChI=1S/C35H35N3O3/c1-20-12-14-27-26(16-20)30-32-31(24-10-5-6-11-25(24)33(30)41-35(27,2)3)38-29-18-22(13-15-28(29)37-32)34(39)36-19-21-8-7-9-23(17-21)40-4/h5-11,13,15,17-18,20,26-27H,12,14,16,19H2,1-4H3,(H,36,39)/t20-,26-,27-/m0/s1. The van der Waals surface area contributed by atoms with Crippen LogP contribution in [0.5, 0.6) is 11.5 Å². The number of hydrogen-bond acceptors (Lipinski definition) is 5. The van der Waals surface area contributed by atoms with Crippen LogP contribution in [0.2, 0.25) is 0 Å². The first kappa shape index (κ1) is 25.8. The lowest BCUT2D eigenvalue weighted by molar-refractivity contribution is -0.0115. The molecule has 5 aromatic rings. The van der Waals surface area contributed by atoms with Crippen molar-refractivity contribution < 1.29 is 14.3 Å². The number of benzene rings is 4. The third kappa shape index (κ3) is 4.37. The molecule has 0 bridgehead atoms. The Bertz CT molecular complexity index is 1830. The summed E-state index contributed by atoms with van der Waals surface area (Å²) in [5.74, 6) is 3.05. The summed E-state index contributed by atoms with van der Waals surface area (Å²) < 4.78 is 12.2. The van der Waals surface area contributed by atoms with Crippen molar-refractivity contribution >= 4 is 38.7 Å². The molecule has 3 atom stereocenters. The normalized spacial score (nSPS) is 21.2. The van der Waals surface area contributed by atoms with E-state index >= 15 is 0 Å². The zero-order valence-electron chi connectivity index (χ0n) is 24.0. The first-order valence-corrected chi connectivity index (χ1v) is 14.6. The number of rotatable bonds is 4. The average molecular weight is 546 g/mol.